The quantitative estimate of drug-likeness (QED) is 0.722. The van der Waals surface area contributed by atoms with Gasteiger partial charge in [-0.15, -0.1) is 0 Å². The normalized spacial score (nSPS) is 11.4. The Kier molecular flexibility index (Phi) is 4.57. The molecule has 3 rings (SSSR count). The van der Waals surface area contributed by atoms with Crippen LogP contribution in [0.1, 0.15) is 35.5 Å². The number of benzene rings is 1. The smallest absolute Gasteiger partial charge is 0.331 e. The molecule has 2 aromatic heterocycles. The minimum atomic E-state index is -1.21. The molecule has 0 aliphatic carbocycles. The van der Waals surface area contributed by atoms with Crippen LogP contribution in [0.25, 0.3) is 5.69 Å². The average Bonchev–Trinajstić information content (AvgIpc) is 3.21. The van der Waals surface area contributed by atoms with E-state index in [0.717, 1.165) is 11.3 Å². The van der Waals surface area contributed by atoms with E-state index < -0.39 is 11.5 Å². The van der Waals surface area contributed by atoms with Crippen molar-refractivity contribution in [2.24, 2.45) is 0 Å². The zero-order valence-corrected chi connectivity index (χ0v) is 15.6. The largest absolute Gasteiger partial charge is 0.479 e. The van der Waals surface area contributed by atoms with Crippen molar-refractivity contribution in [3.63, 3.8) is 0 Å². The SMILES string of the molecule is Cc1cccc(-n2ncc(C(=O)Nc3cnn(C(C)(C)C(=O)O)c3)c2C)c1. The molecule has 2 N–H and O–H groups in total. The van der Waals surface area contributed by atoms with E-state index in [0.29, 0.717) is 16.9 Å². The lowest BCUT2D eigenvalue weighted by molar-refractivity contribution is -0.146. The van der Waals surface area contributed by atoms with Gasteiger partial charge in [0.25, 0.3) is 5.91 Å². The average molecular weight is 367 g/mol. The topological polar surface area (TPSA) is 102 Å². The van der Waals surface area contributed by atoms with Gasteiger partial charge in [0.15, 0.2) is 5.54 Å². The summed E-state index contributed by atoms with van der Waals surface area (Å²) in [5.41, 5.74) is 2.31. The molecule has 0 bridgehead atoms. The van der Waals surface area contributed by atoms with Crippen molar-refractivity contribution < 1.29 is 14.7 Å². The number of carboxylic acids is 1. The monoisotopic (exact) mass is 367 g/mol. The Bertz CT molecular complexity index is 1020. The van der Waals surface area contributed by atoms with Crippen molar-refractivity contribution in [2.45, 2.75) is 33.2 Å². The van der Waals surface area contributed by atoms with Crippen molar-refractivity contribution >= 4 is 17.6 Å². The predicted octanol–water partition coefficient (Wildman–Crippen LogP) is 2.76. The molecule has 1 amide bonds. The number of carbonyl (C=O) groups excluding carboxylic acids is 1. The molecule has 140 valence electrons. The van der Waals surface area contributed by atoms with E-state index in [9.17, 15) is 14.7 Å². The third-order valence-corrected chi connectivity index (χ3v) is 4.44. The zero-order chi connectivity index (χ0) is 19.8. The number of nitrogens with one attached hydrogen (secondary N) is 1. The highest BCUT2D eigenvalue weighted by atomic mass is 16.4. The minimum Gasteiger partial charge on any atom is -0.479 e. The van der Waals surface area contributed by atoms with Gasteiger partial charge in [0.1, 0.15) is 0 Å². The number of aliphatic carboxylic acids is 1. The number of amides is 1. The molecule has 0 saturated heterocycles. The molecule has 0 radical (unpaired) electrons. The van der Waals surface area contributed by atoms with Gasteiger partial charge >= 0.3 is 5.97 Å². The number of nitrogens with zero attached hydrogens (tertiary/aromatic N) is 4. The summed E-state index contributed by atoms with van der Waals surface area (Å²) in [6, 6.07) is 7.84. The van der Waals surface area contributed by atoms with Crippen molar-refractivity contribution in [1.82, 2.24) is 19.6 Å². The fourth-order valence-electron chi connectivity index (χ4n) is 2.64. The number of aromatic nitrogens is 4. The van der Waals surface area contributed by atoms with Gasteiger partial charge < -0.3 is 10.4 Å². The van der Waals surface area contributed by atoms with Crippen molar-refractivity contribution in [1.29, 1.82) is 0 Å². The summed E-state index contributed by atoms with van der Waals surface area (Å²) in [4.78, 5) is 23.9. The molecule has 0 atom stereocenters. The Morgan fingerprint density at radius 2 is 1.89 bits per heavy atom. The van der Waals surface area contributed by atoms with Crippen LogP contribution in [0, 0.1) is 13.8 Å². The molecular formula is C19H21N5O3. The van der Waals surface area contributed by atoms with E-state index in [4.69, 9.17) is 0 Å². The molecule has 0 fully saturated rings. The van der Waals surface area contributed by atoms with E-state index in [2.05, 4.69) is 15.5 Å². The molecule has 0 aliphatic rings. The maximum absolute atomic E-state index is 12.6. The van der Waals surface area contributed by atoms with Crippen LogP contribution in [0.2, 0.25) is 0 Å². The Labute approximate surface area is 156 Å². The van der Waals surface area contributed by atoms with Gasteiger partial charge in [-0.1, -0.05) is 12.1 Å². The van der Waals surface area contributed by atoms with Gasteiger partial charge in [0.2, 0.25) is 0 Å². The predicted molar refractivity (Wildman–Crippen MR) is 100 cm³/mol. The van der Waals surface area contributed by atoms with Gasteiger partial charge in [0, 0.05) is 6.20 Å². The number of hydrogen-bond acceptors (Lipinski definition) is 4. The maximum Gasteiger partial charge on any atom is 0.331 e. The fraction of sp³-hybridized carbons (Fsp3) is 0.263. The van der Waals surface area contributed by atoms with Gasteiger partial charge in [-0.3, -0.25) is 9.48 Å². The van der Waals surface area contributed by atoms with E-state index in [1.165, 1.54) is 37.1 Å². The lowest BCUT2D eigenvalue weighted by Gasteiger charge is -2.19. The van der Waals surface area contributed by atoms with Crippen LogP contribution in [0.3, 0.4) is 0 Å². The second kappa shape index (κ2) is 6.71. The van der Waals surface area contributed by atoms with Gasteiger partial charge in [-0.25, -0.2) is 9.48 Å². The third kappa shape index (κ3) is 3.46. The number of hydrogen-bond donors (Lipinski definition) is 2. The molecule has 0 unspecified atom stereocenters. The molecular weight excluding hydrogens is 346 g/mol. The maximum atomic E-state index is 12.6. The standard InChI is InChI=1S/C19H21N5O3/c1-12-6-5-7-15(8-12)24-13(2)16(10-21-24)17(25)22-14-9-20-23(11-14)19(3,4)18(26)27/h5-11H,1-4H3,(H,22,25)(H,26,27). The van der Waals surface area contributed by atoms with Gasteiger partial charge in [-0.2, -0.15) is 10.2 Å². The molecule has 0 aliphatic heterocycles. The summed E-state index contributed by atoms with van der Waals surface area (Å²) in [7, 11) is 0. The lowest BCUT2D eigenvalue weighted by atomic mass is 10.1. The Morgan fingerprint density at radius 1 is 1.15 bits per heavy atom. The third-order valence-electron chi connectivity index (χ3n) is 4.44. The first-order valence-corrected chi connectivity index (χ1v) is 8.41. The number of carboxylic acid groups (broad SMARTS) is 1. The molecule has 0 spiro atoms. The number of aryl methyl sites for hydroxylation is 1. The molecule has 3 aromatic rings. The van der Waals surface area contributed by atoms with Gasteiger partial charge in [0.05, 0.1) is 35.0 Å². The summed E-state index contributed by atoms with van der Waals surface area (Å²) in [6.45, 7) is 6.88. The van der Waals surface area contributed by atoms with E-state index >= 15 is 0 Å². The highest BCUT2D eigenvalue weighted by Gasteiger charge is 2.30. The summed E-state index contributed by atoms with van der Waals surface area (Å²) in [5.74, 6) is -1.35. The first kappa shape index (κ1) is 18.4. The zero-order valence-electron chi connectivity index (χ0n) is 15.6. The summed E-state index contributed by atoms with van der Waals surface area (Å²) < 4.78 is 3.01. The highest BCUT2D eigenvalue weighted by Crippen LogP contribution is 2.19. The van der Waals surface area contributed by atoms with Crippen molar-refractivity contribution in [3.05, 3.63) is 59.7 Å². The molecule has 27 heavy (non-hydrogen) atoms. The fourth-order valence-corrected chi connectivity index (χ4v) is 2.64. The van der Waals surface area contributed by atoms with Crippen LogP contribution in [0.5, 0.6) is 0 Å². The molecule has 0 saturated carbocycles. The van der Waals surface area contributed by atoms with Crippen LogP contribution in [0.15, 0.2) is 42.9 Å². The van der Waals surface area contributed by atoms with Crippen LogP contribution in [0.4, 0.5) is 5.69 Å². The molecule has 1 aromatic carbocycles. The van der Waals surface area contributed by atoms with Crippen LogP contribution in [-0.2, 0) is 10.3 Å². The van der Waals surface area contributed by atoms with Gasteiger partial charge in [-0.05, 0) is 45.4 Å². The second-order valence-electron chi connectivity index (χ2n) is 6.89. The van der Waals surface area contributed by atoms with E-state index in [1.54, 1.807) is 4.68 Å². The van der Waals surface area contributed by atoms with Crippen LogP contribution in [-0.4, -0.2) is 36.5 Å². The van der Waals surface area contributed by atoms with Crippen molar-refractivity contribution in [3.8, 4) is 5.69 Å². The summed E-state index contributed by atoms with van der Waals surface area (Å²) in [5, 5.41) is 20.4. The number of carbonyl (C=O) groups is 2. The summed E-state index contributed by atoms with van der Waals surface area (Å²) >= 11 is 0. The Hall–Kier alpha value is -3.42. The molecule has 8 heteroatoms. The second-order valence-corrected chi connectivity index (χ2v) is 6.89. The van der Waals surface area contributed by atoms with Crippen LogP contribution >= 0.6 is 0 Å². The molecule has 8 nitrogen and oxygen atoms in total. The van der Waals surface area contributed by atoms with E-state index in [-0.39, 0.29) is 5.91 Å². The Morgan fingerprint density at radius 3 is 2.56 bits per heavy atom. The minimum absolute atomic E-state index is 0.334. The van der Waals surface area contributed by atoms with E-state index in [1.807, 2.05) is 38.1 Å². The van der Waals surface area contributed by atoms with Crippen molar-refractivity contribution in [2.75, 3.05) is 5.32 Å². The lowest BCUT2D eigenvalue weighted by Crippen LogP contribution is -2.35. The Balaban J connectivity index is 1.82. The first-order valence-electron chi connectivity index (χ1n) is 8.41. The molecule has 2 heterocycles. The highest BCUT2D eigenvalue weighted by molar-refractivity contribution is 6.04. The first-order chi connectivity index (χ1) is 12.7. The number of anilines is 1. The van der Waals surface area contributed by atoms with Crippen LogP contribution < -0.4 is 5.32 Å². The number of rotatable bonds is 5. The summed E-state index contributed by atoms with van der Waals surface area (Å²) in [6.07, 6.45) is 4.42.